The van der Waals surface area contributed by atoms with E-state index >= 15 is 0 Å². The van der Waals surface area contributed by atoms with E-state index in [1.54, 1.807) is 6.07 Å². The van der Waals surface area contributed by atoms with Crippen molar-refractivity contribution in [3.8, 4) is 11.1 Å². The molecule has 0 bridgehead atoms. The van der Waals surface area contributed by atoms with Crippen LogP contribution in [0.4, 0.5) is 11.4 Å². The lowest BCUT2D eigenvalue weighted by Crippen LogP contribution is -2.46. The number of rotatable bonds is 12. The molecule has 2 saturated heterocycles. The van der Waals surface area contributed by atoms with Crippen LogP contribution in [0, 0.1) is 5.92 Å². The Labute approximate surface area is 293 Å². The van der Waals surface area contributed by atoms with Gasteiger partial charge in [0, 0.05) is 67.2 Å². The van der Waals surface area contributed by atoms with Crippen LogP contribution in [0.3, 0.4) is 0 Å². The number of aliphatic carboxylic acids is 1. The van der Waals surface area contributed by atoms with E-state index < -0.39 is 5.97 Å². The summed E-state index contributed by atoms with van der Waals surface area (Å²) in [6.07, 6.45) is 2.66. The van der Waals surface area contributed by atoms with Gasteiger partial charge in [-0.2, -0.15) is 0 Å². The number of halogens is 2. The highest BCUT2D eigenvalue weighted by Crippen LogP contribution is 2.30. The molecule has 47 heavy (non-hydrogen) atoms. The summed E-state index contributed by atoms with van der Waals surface area (Å²) in [7, 11) is 2.04. The highest BCUT2D eigenvalue weighted by atomic mass is 35.5. The topological polar surface area (TPSA) is 71.1 Å². The fraction of sp³-hybridized carbons (Fsp3) is 0.500. The third kappa shape index (κ3) is 12.6. The molecule has 2 heterocycles. The van der Waals surface area contributed by atoms with E-state index in [-0.39, 0.29) is 6.42 Å². The summed E-state index contributed by atoms with van der Waals surface area (Å²) in [4.78, 5) is 18.0. The Morgan fingerprint density at radius 3 is 1.98 bits per heavy atom. The summed E-state index contributed by atoms with van der Waals surface area (Å²) in [5.41, 5.74) is 6.95. The SMILES string of the molecule is CC.CC.CNCC1CCN(Cc2cc(CNc3ccc(N4CCN(CCC(=O)O)CC4)cc3)cc(-c3cc(Cl)cc(Cl)c3)c2)CC1. The fourth-order valence-corrected chi connectivity index (χ4v) is 6.74. The van der Waals surface area contributed by atoms with Crippen LogP contribution in [0.25, 0.3) is 11.1 Å². The Morgan fingerprint density at radius 2 is 1.38 bits per heavy atom. The summed E-state index contributed by atoms with van der Waals surface area (Å²) >= 11 is 12.8. The number of hydrogen-bond acceptors (Lipinski definition) is 6. The van der Waals surface area contributed by atoms with Crippen LogP contribution in [0.5, 0.6) is 0 Å². The van der Waals surface area contributed by atoms with Crippen molar-refractivity contribution in [1.82, 2.24) is 15.1 Å². The van der Waals surface area contributed by atoms with Gasteiger partial charge < -0.3 is 20.6 Å². The molecule has 3 aromatic carbocycles. The van der Waals surface area contributed by atoms with E-state index in [0.29, 0.717) is 23.1 Å². The van der Waals surface area contributed by atoms with Gasteiger partial charge in [0.15, 0.2) is 0 Å². The van der Waals surface area contributed by atoms with Crippen molar-refractivity contribution in [1.29, 1.82) is 0 Å². The summed E-state index contributed by atoms with van der Waals surface area (Å²) in [6, 6.07) is 21.2. The van der Waals surface area contributed by atoms with Gasteiger partial charge in [-0.25, -0.2) is 0 Å². The lowest BCUT2D eigenvalue weighted by Gasteiger charge is -2.36. The molecular weight excluding hydrogens is 629 g/mol. The second-order valence-electron chi connectivity index (χ2n) is 11.8. The Morgan fingerprint density at radius 1 is 0.787 bits per heavy atom. The lowest BCUT2D eigenvalue weighted by atomic mass is 9.95. The van der Waals surface area contributed by atoms with E-state index in [1.165, 1.54) is 29.7 Å². The summed E-state index contributed by atoms with van der Waals surface area (Å²) < 4.78 is 0. The van der Waals surface area contributed by atoms with Crippen LogP contribution in [0.1, 0.15) is 58.1 Å². The molecule has 2 aliphatic rings. The molecule has 3 aromatic rings. The third-order valence-corrected chi connectivity index (χ3v) is 9.03. The first-order valence-corrected chi connectivity index (χ1v) is 18.1. The van der Waals surface area contributed by atoms with Gasteiger partial charge in [-0.3, -0.25) is 14.6 Å². The van der Waals surface area contributed by atoms with E-state index in [1.807, 2.05) is 46.9 Å². The van der Waals surface area contributed by atoms with Gasteiger partial charge in [-0.1, -0.05) is 57.0 Å². The maximum absolute atomic E-state index is 10.9. The van der Waals surface area contributed by atoms with Crippen LogP contribution in [-0.2, 0) is 17.9 Å². The average molecular weight is 685 g/mol. The molecule has 5 rings (SSSR count). The fourth-order valence-electron chi connectivity index (χ4n) is 6.22. The smallest absolute Gasteiger partial charge is 0.304 e. The van der Waals surface area contributed by atoms with Gasteiger partial charge in [0.1, 0.15) is 0 Å². The zero-order chi connectivity index (χ0) is 34.2. The first kappa shape index (κ1) is 38.6. The van der Waals surface area contributed by atoms with Crippen LogP contribution < -0.4 is 15.5 Å². The van der Waals surface area contributed by atoms with Crippen molar-refractivity contribution in [2.45, 2.75) is 60.0 Å². The van der Waals surface area contributed by atoms with E-state index in [0.717, 1.165) is 75.1 Å². The number of likely N-dealkylation sites (tertiary alicyclic amines) is 1. The summed E-state index contributed by atoms with van der Waals surface area (Å²) in [6.45, 7) is 17.2. The minimum Gasteiger partial charge on any atom is -0.481 e. The average Bonchev–Trinajstić information content (AvgIpc) is 3.09. The number of piperazine rings is 1. The minimum absolute atomic E-state index is 0.202. The highest BCUT2D eigenvalue weighted by molar-refractivity contribution is 6.35. The monoisotopic (exact) mass is 683 g/mol. The standard InChI is InChI=1S/C34H43Cl2N5O2.2C2H6/c1-37-22-25-6-9-40(10-7-25)24-27-16-26(17-28(18-27)29-19-30(35)21-31(36)20-29)23-38-32-2-4-33(5-3-32)41-14-12-39(13-15-41)11-8-34(42)43;2*1-2/h2-5,16-21,25,37-38H,6-15,22-24H2,1H3,(H,42,43);2*1-2H3. The molecule has 0 atom stereocenters. The van der Waals surface area contributed by atoms with Crippen LogP contribution in [0.2, 0.25) is 10.0 Å². The molecule has 2 aliphatic heterocycles. The number of carbonyl (C=O) groups is 1. The molecule has 0 spiro atoms. The minimum atomic E-state index is -0.734. The molecule has 0 aliphatic carbocycles. The zero-order valence-electron chi connectivity index (χ0n) is 29.0. The second-order valence-corrected chi connectivity index (χ2v) is 12.7. The number of piperidine rings is 1. The van der Waals surface area contributed by atoms with Gasteiger partial charge in [-0.05, 0) is 122 Å². The molecule has 3 N–H and O–H groups in total. The highest BCUT2D eigenvalue weighted by Gasteiger charge is 2.20. The van der Waals surface area contributed by atoms with Crippen molar-refractivity contribution >= 4 is 40.5 Å². The normalized spacial score (nSPS) is 15.7. The molecule has 2 fully saturated rings. The number of nitrogens with zero attached hydrogens (tertiary/aromatic N) is 3. The number of benzene rings is 3. The molecule has 0 aromatic heterocycles. The maximum Gasteiger partial charge on any atom is 0.304 e. The van der Waals surface area contributed by atoms with Crippen molar-refractivity contribution in [2.24, 2.45) is 5.92 Å². The largest absolute Gasteiger partial charge is 0.481 e. The predicted octanol–water partition coefficient (Wildman–Crippen LogP) is 8.35. The molecule has 0 amide bonds. The van der Waals surface area contributed by atoms with Gasteiger partial charge in [-0.15, -0.1) is 0 Å². The van der Waals surface area contributed by atoms with E-state index in [9.17, 15) is 4.79 Å². The third-order valence-electron chi connectivity index (χ3n) is 8.60. The Hall–Kier alpha value is -2.81. The van der Waals surface area contributed by atoms with Gasteiger partial charge in [0.05, 0.1) is 6.42 Å². The van der Waals surface area contributed by atoms with Crippen molar-refractivity contribution < 1.29 is 9.90 Å². The van der Waals surface area contributed by atoms with Crippen LogP contribution in [0.15, 0.2) is 60.7 Å². The van der Waals surface area contributed by atoms with Crippen molar-refractivity contribution in [3.05, 3.63) is 81.8 Å². The van der Waals surface area contributed by atoms with Crippen LogP contribution >= 0.6 is 23.2 Å². The Kier molecular flexibility index (Phi) is 16.9. The zero-order valence-corrected chi connectivity index (χ0v) is 30.5. The Balaban J connectivity index is 0.00000144. The molecule has 7 nitrogen and oxygen atoms in total. The first-order valence-electron chi connectivity index (χ1n) is 17.3. The molecule has 0 saturated carbocycles. The Bertz CT molecular complexity index is 1330. The predicted molar refractivity (Wildman–Crippen MR) is 201 cm³/mol. The van der Waals surface area contributed by atoms with E-state index in [2.05, 4.69) is 67.8 Å². The number of nitrogens with one attached hydrogen (secondary N) is 2. The van der Waals surface area contributed by atoms with Gasteiger partial charge >= 0.3 is 5.97 Å². The maximum atomic E-state index is 10.9. The lowest BCUT2D eigenvalue weighted by molar-refractivity contribution is -0.137. The molecular formula is C38H55Cl2N5O2. The second kappa shape index (κ2) is 20.5. The van der Waals surface area contributed by atoms with Gasteiger partial charge in [0.2, 0.25) is 0 Å². The molecule has 0 radical (unpaired) electrons. The number of carboxylic acids is 1. The van der Waals surface area contributed by atoms with E-state index in [4.69, 9.17) is 28.3 Å². The first-order chi connectivity index (χ1) is 22.8. The molecule has 258 valence electrons. The van der Waals surface area contributed by atoms with Crippen molar-refractivity contribution in [3.63, 3.8) is 0 Å². The molecule has 0 unspecified atom stereocenters. The van der Waals surface area contributed by atoms with Gasteiger partial charge in [0.25, 0.3) is 0 Å². The summed E-state index contributed by atoms with van der Waals surface area (Å²) in [5.74, 6) is 0.0311. The number of hydrogen-bond donors (Lipinski definition) is 3. The van der Waals surface area contributed by atoms with Crippen LogP contribution in [-0.4, -0.2) is 80.3 Å². The quantitative estimate of drug-likeness (QED) is 0.177. The summed E-state index contributed by atoms with van der Waals surface area (Å²) in [5, 5.41) is 17.2. The number of anilines is 2. The number of carboxylic acid groups (broad SMARTS) is 1. The van der Waals surface area contributed by atoms with Crippen molar-refractivity contribution in [2.75, 3.05) is 69.6 Å². The molecule has 9 heteroatoms.